The van der Waals surface area contributed by atoms with Gasteiger partial charge in [0.2, 0.25) is 5.60 Å². The van der Waals surface area contributed by atoms with E-state index in [1.807, 2.05) is 6.92 Å². The van der Waals surface area contributed by atoms with Gasteiger partial charge in [0, 0.05) is 17.9 Å². The van der Waals surface area contributed by atoms with Gasteiger partial charge in [0.15, 0.2) is 34.8 Å². The van der Waals surface area contributed by atoms with Crippen molar-refractivity contribution in [2.75, 3.05) is 0 Å². The minimum Gasteiger partial charge on any atom is -0.472 e. The first-order chi connectivity index (χ1) is 18.1. The fraction of sp³-hybridized carbons (Fsp3) is 0.571. The molecule has 8 unspecified atom stereocenters. The van der Waals surface area contributed by atoms with Crippen LogP contribution in [0.1, 0.15) is 59.1 Å². The van der Waals surface area contributed by atoms with E-state index in [0.29, 0.717) is 18.4 Å². The summed E-state index contributed by atoms with van der Waals surface area (Å²) in [4.78, 5) is 53.9. The number of esters is 3. The fourth-order valence-electron chi connectivity index (χ4n) is 8.53. The Morgan fingerprint density at radius 2 is 1.79 bits per heavy atom. The minimum atomic E-state index is -2.94. The van der Waals surface area contributed by atoms with Crippen LogP contribution in [0.2, 0.25) is 0 Å². The number of aliphatic hydroxyl groups is 2. The smallest absolute Gasteiger partial charge is 0.339 e. The van der Waals surface area contributed by atoms with Crippen LogP contribution in [0, 0.1) is 10.8 Å². The number of fused-ring (bicyclic) bond motifs is 3. The van der Waals surface area contributed by atoms with Gasteiger partial charge in [-0.2, -0.15) is 0 Å². The van der Waals surface area contributed by atoms with Crippen LogP contribution in [0.4, 0.5) is 0 Å². The lowest BCUT2D eigenvalue weighted by molar-refractivity contribution is -0.294. The molecule has 6 aliphatic rings. The van der Waals surface area contributed by atoms with Crippen LogP contribution in [-0.4, -0.2) is 68.5 Å². The van der Waals surface area contributed by atoms with E-state index in [1.165, 1.54) is 33.3 Å². The third kappa shape index (κ3) is 2.24. The third-order valence-electron chi connectivity index (χ3n) is 10.2. The van der Waals surface area contributed by atoms with Crippen LogP contribution < -0.4 is 0 Å². The summed E-state index contributed by atoms with van der Waals surface area (Å²) in [5, 5.41) is 25.5. The molecule has 7 rings (SSSR count). The van der Waals surface area contributed by atoms with Crippen LogP contribution in [-0.2, 0) is 38.1 Å². The van der Waals surface area contributed by atoms with Crippen molar-refractivity contribution in [3.63, 3.8) is 0 Å². The van der Waals surface area contributed by atoms with Crippen LogP contribution in [0.5, 0.6) is 0 Å². The predicted octanol–water partition coefficient (Wildman–Crippen LogP) is 1.37. The Balaban J connectivity index is 1.61. The van der Waals surface area contributed by atoms with Crippen molar-refractivity contribution in [3.8, 4) is 0 Å². The molecule has 0 aromatic carbocycles. The van der Waals surface area contributed by atoms with E-state index in [1.54, 1.807) is 12.1 Å². The average Bonchev–Trinajstić information content (AvgIpc) is 3.34. The minimum absolute atomic E-state index is 0.229. The molecule has 1 aromatic rings. The number of carbonyl (C=O) groups is 4. The first-order valence-corrected chi connectivity index (χ1v) is 12.9. The van der Waals surface area contributed by atoms with E-state index < -0.39 is 80.8 Å². The first kappa shape index (κ1) is 24.7. The van der Waals surface area contributed by atoms with E-state index in [4.69, 9.17) is 23.4 Å². The number of hydrogen-bond acceptors (Lipinski definition) is 11. The van der Waals surface area contributed by atoms with Crippen molar-refractivity contribution in [2.24, 2.45) is 10.8 Å². The normalized spacial score (nSPS) is 46.7. The van der Waals surface area contributed by atoms with Gasteiger partial charge < -0.3 is 33.6 Å². The number of ketones is 1. The number of allylic oxidation sites excluding steroid dienone is 1. The largest absolute Gasteiger partial charge is 0.472 e. The van der Waals surface area contributed by atoms with E-state index in [2.05, 4.69) is 0 Å². The molecule has 3 fully saturated rings. The van der Waals surface area contributed by atoms with Crippen molar-refractivity contribution < 1.29 is 52.8 Å². The lowest BCUT2D eigenvalue weighted by Gasteiger charge is -2.65. The van der Waals surface area contributed by atoms with Crippen LogP contribution in [0.15, 0.2) is 45.8 Å². The molecule has 8 atom stereocenters. The number of epoxide rings is 1. The summed E-state index contributed by atoms with van der Waals surface area (Å²) in [6.45, 7) is 7.27. The van der Waals surface area contributed by atoms with Gasteiger partial charge in [-0.3, -0.25) is 9.59 Å². The van der Waals surface area contributed by atoms with Crippen molar-refractivity contribution in [1.82, 2.24) is 0 Å². The summed E-state index contributed by atoms with van der Waals surface area (Å²) < 4.78 is 28.5. The van der Waals surface area contributed by atoms with Gasteiger partial charge in [-0.15, -0.1) is 0 Å². The standard InChI is InChI=1S/C28H28O11/c1-12(29)36-18-14-7-6-9-24(4)15(14)16(20(30)37-17(24)13-8-10-35-11-13)27(34)25(5)28(19(38-28)21(31)39-25)23(2,3)22(32)26(18,27)33/h7-8,10-11,17-19,33-34H,6,9H2,1-5H3. The highest BCUT2D eigenvalue weighted by Crippen LogP contribution is 2.75. The lowest BCUT2D eigenvalue weighted by Crippen LogP contribution is -2.88. The molecule has 0 radical (unpaired) electrons. The maximum absolute atomic E-state index is 14.4. The summed E-state index contributed by atoms with van der Waals surface area (Å²) in [6.07, 6.45) is 1.71. The molecule has 2 N–H and O–H groups in total. The number of Topliss-reactive ketones (excluding diaryl/α,β-unsaturated/α-hetero) is 1. The van der Waals surface area contributed by atoms with Gasteiger partial charge in [-0.05, 0) is 50.8 Å². The molecule has 1 aromatic heterocycles. The molecule has 3 aliphatic heterocycles. The van der Waals surface area contributed by atoms with Gasteiger partial charge in [0.05, 0.1) is 23.5 Å². The zero-order chi connectivity index (χ0) is 28.1. The van der Waals surface area contributed by atoms with Crippen molar-refractivity contribution >= 4 is 23.7 Å². The summed E-state index contributed by atoms with van der Waals surface area (Å²) in [7, 11) is 0. The van der Waals surface area contributed by atoms with Crippen LogP contribution in [0.25, 0.3) is 0 Å². The maximum atomic E-state index is 14.4. The van der Waals surface area contributed by atoms with E-state index in [9.17, 15) is 29.4 Å². The fourth-order valence-corrected chi connectivity index (χ4v) is 8.53. The Labute approximate surface area is 222 Å². The number of rotatable bonds is 2. The molecule has 11 nitrogen and oxygen atoms in total. The Morgan fingerprint density at radius 3 is 2.41 bits per heavy atom. The number of furan rings is 1. The molecule has 2 saturated heterocycles. The molecule has 1 spiro atoms. The van der Waals surface area contributed by atoms with Gasteiger partial charge in [-0.25, -0.2) is 9.59 Å². The lowest BCUT2D eigenvalue weighted by atomic mass is 9.42. The van der Waals surface area contributed by atoms with Gasteiger partial charge >= 0.3 is 17.9 Å². The molecule has 11 heteroatoms. The summed E-state index contributed by atoms with van der Waals surface area (Å²) in [5.41, 5.74) is -11.6. The second-order valence-corrected chi connectivity index (χ2v) is 12.3. The molecule has 1 saturated carbocycles. The second-order valence-electron chi connectivity index (χ2n) is 12.3. The second kappa shape index (κ2) is 6.71. The maximum Gasteiger partial charge on any atom is 0.339 e. The van der Waals surface area contributed by atoms with E-state index in [0.717, 1.165) is 6.92 Å². The van der Waals surface area contributed by atoms with Crippen LogP contribution in [0.3, 0.4) is 0 Å². The topological polar surface area (TPSA) is 162 Å². The quantitative estimate of drug-likeness (QED) is 0.316. The number of ether oxygens (including phenoxy) is 4. The zero-order valence-electron chi connectivity index (χ0n) is 22.0. The van der Waals surface area contributed by atoms with Gasteiger partial charge in [0.25, 0.3) is 0 Å². The Kier molecular flexibility index (Phi) is 4.25. The van der Waals surface area contributed by atoms with E-state index >= 15 is 0 Å². The Bertz CT molecular complexity index is 1470. The summed E-state index contributed by atoms with van der Waals surface area (Å²) in [5.74, 6) is -3.61. The molecular formula is C28H28O11. The average molecular weight is 541 g/mol. The molecule has 4 heterocycles. The molecule has 39 heavy (non-hydrogen) atoms. The SMILES string of the molecule is CC(=O)OC1C2=CCCC3(C)C2=C(C(=O)OC3c2ccoc2)C2(O)C1(O)C(=O)C(C)(C)C13OC1C(=O)OC23C. The number of hydrogen-bond donors (Lipinski definition) is 2. The monoisotopic (exact) mass is 540 g/mol. The first-order valence-electron chi connectivity index (χ1n) is 12.9. The molecular weight excluding hydrogens is 512 g/mol. The highest BCUT2D eigenvalue weighted by atomic mass is 16.7. The van der Waals surface area contributed by atoms with Gasteiger partial charge in [0.1, 0.15) is 6.10 Å². The summed E-state index contributed by atoms with van der Waals surface area (Å²) >= 11 is 0. The number of cyclic esters (lactones) is 1. The van der Waals surface area contributed by atoms with Crippen molar-refractivity contribution in [2.45, 2.75) is 88.2 Å². The van der Waals surface area contributed by atoms with Crippen molar-refractivity contribution in [1.29, 1.82) is 0 Å². The molecule has 0 bridgehead atoms. The predicted molar refractivity (Wildman–Crippen MR) is 126 cm³/mol. The van der Waals surface area contributed by atoms with E-state index in [-0.39, 0.29) is 11.1 Å². The van der Waals surface area contributed by atoms with Crippen molar-refractivity contribution in [3.05, 3.63) is 47.0 Å². The highest BCUT2D eigenvalue weighted by molar-refractivity contribution is 6.08. The van der Waals surface area contributed by atoms with Crippen LogP contribution >= 0.6 is 0 Å². The Hall–Kier alpha value is -3.28. The molecule has 3 aliphatic carbocycles. The number of carbonyl (C=O) groups excluding carboxylic acids is 4. The highest BCUT2D eigenvalue weighted by Gasteiger charge is 2.98. The molecule has 0 amide bonds. The third-order valence-corrected chi connectivity index (χ3v) is 10.2. The summed E-state index contributed by atoms with van der Waals surface area (Å²) in [6, 6.07) is 1.66. The zero-order valence-corrected chi connectivity index (χ0v) is 22.0. The molecule has 206 valence electrons. The Morgan fingerprint density at radius 1 is 1.08 bits per heavy atom. The van der Waals surface area contributed by atoms with Gasteiger partial charge in [-0.1, -0.05) is 13.0 Å².